The third kappa shape index (κ3) is 3.27. The van der Waals surface area contributed by atoms with Crippen LogP contribution in [0.5, 0.6) is 0 Å². The van der Waals surface area contributed by atoms with Gasteiger partial charge < -0.3 is 10.1 Å². The Morgan fingerprint density at radius 2 is 2.12 bits per heavy atom. The molecule has 0 spiro atoms. The van der Waals surface area contributed by atoms with Crippen molar-refractivity contribution in [1.29, 1.82) is 0 Å². The van der Waals surface area contributed by atoms with Gasteiger partial charge in [-0.25, -0.2) is 8.78 Å². The van der Waals surface area contributed by atoms with Gasteiger partial charge in [0.05, 0.1) is 6.61 Å². The Hall–Kier alpha value is -1.49. The highest BCUT2D eigenvalue weighted by atomic mass is 19.2. The van der Waals surface area contributed by atoms with Crippen LogP contribution < -0.4 is 5.32 Å². The van der Waals surface area contributed by atoms with Crippen molar-refractivity contribution < 1.29 is 18.3 Å². The van der Waals surface area contributed by atoms with Gasteiger partial charge in [0.15, 0.2) is 11.6 Å². The maximum Gasteiger partial charge on any atom is 0.251 e. The molecule has 1 atom stereocenters. The van der Waals surface area contributed by atoms with Crippen LogP contribution in [0.1, 0.15) is 17.3 Å². The summed E-state index contributed by atoms with van der Waals surface area (Å²) in [5.41, 5.74) is 0.0850. The molecular weight excluding hydrogens is 216 g/mol. The molecule has 0 saturated heterocycles. The lowest BCUT2D eigenvalue weighted by Crippen LogP contribution is -2.35. The van der Waals surface area contributed by atoms with Crippen LogP contribution in [0.2, 0.25) is 0 Å². The molecule has 0 aromatic heterocycles. The van der Waals surface area contributed by atoms with Crippen LogP contribution in [0.4, 0.5) is 8.78 Å². The van der Waals surface area contributed by atoms with E-state index in [2.05, 4.69) is 5.32 Å². The standard InChI is InChI=1S/C11H13F2NO2/c1-7(6-16-2)14-11(15)8-3-4-9(12)10(13)5-8/h3-5,7H,6H2,1-2H3,(H,14,15). The predicted molar refractivity (Wildman–Crippen MR) is 55.2 cm³/mol. The molecule has 0 saturated carbocycles. The number of methoxy groups -OCH3 is 1. The number of rotatable bonds is 4. The lowest BCUT2D eigenvalue weighted by molar-refractivity contribution is 0.0905. The van der Waals surface area contributed by atoms with Crippen LogP contribution >= 0.6 is 0 Å². The van der Waals surface area contributed by atoms with Gasteiger partial charge in [-0.3, -0.25) is 4.79 Å². The first-order chi connectivity index (χ1) is 7.54. The van der Waals surface area contributed by atoms with E-state index in [-0.39, 0.29) is 11.6 Å². The lowest BCUT2D eigenvalue weighted by Gasteiger charge is -2.12. The van der Waals surface area contributed by atoms with Crippen LogP contribution in [0.15, 0.2) is 18.2 Å². The number of nitrogens with one attached hydrogen (secondary N) is 1. The Bertz CT molecular complexity index is 382. The second-order valence-corrected chi connectivity index (χ2v) is 3.46. The summed E-state index contributed by atoms with van der Waals surface area (Å²) in [5, 5.41) is 2.59. The molecule has 0 bridgehead atoms. The summed E-state index contributed by atoms with van der Waals surface area (Å²) >= 11 is 0. The molecule has 1 unspecified atom stereocenters. The van der Waals surface area contributed by atoms with Gasteiger partial charge in [0.2, 0.25) is 0 Å². The van der Waals surface area contributed by atoms with E-state index < -0.39 is 17.5 Å². The van der Waals surface area contributed by atoms with E-state index in [0.29, 0.717) is 6.61 Å². The third-order valence-electron chi connectivity index (χ3n) is 1.98. The predicted octanol–water partition coefficient (Wildman–Crippen LogP) is 1.73. The zero-order valence-corrected chi connectivity index (χ0v) is 9.09. The van der Waals surface area contributed by atoms with Gasteiger partial charge >= 0.3 is 0 Å². The van der Waals surface area contributed by atoms with Gasteiger partial charge in [-0.1, -0.05) is 0 Å². The average Bonchev–Trinajstić information content (AvgIpc) is 2.22. The summed E-state index contributed by atoms with van der Waals surface area (Å²) in [6.45, 7) is 2.11. The van der Waals surface area contributed by atoms with Crippen molar-refractivity contribution in [2.45, 2.75) is 13.0 Å². The SMILES string of the molecule is COCC(C)NC(=O)c1ccc(F)c(F)c1. The van der Waals surface area contributed by atoms with Gasteiger partial charge in [0, 0.05) is 18.7 Å². The largest absolute Gasteiger partial charge is 0.383 e. The summed E-state index contributed by atoms with van der Waals surface area (Å²) in [4.78, 5) is 11.5. The Kier molecular flexibility index (Phi) is 4.37. The number of ether oxygens (including phenoxy) is 1. The Labute approximate surface area is 92.4 Å². The van der Waals surface area contributed by atoms with Crippen LogP contribution in [0, 0.1) is 11.6 Å². The molecule has 3 nitrogen and oxygen atoms in total. The van der Waals surface area contributed by atoms with Gasteiger partial charge in [0.25, 0.3) is 5.91 Å². The molecule has 1 aromatic carbocycles. The number of amides is 1. The first-order valence-electron chi connectivity index (χ1n) is 4.79. The fourth-order valence-corrected chi connectivity index (χ4v) is 1.24. The summed E-state index contributed by atoms with van der Waals surface area (Å²) < 4.78 is 30.3. The number of hydrogen-bond donors (Lipinski definition) is 1. The van der Waals surface area contributed by atoms with E-state index in [4.69, 9.17) is 4.74 Å². The summed E-state index contributed by atoms with van der Waals surface area (Å²) in [6.07, 6.45) is 0. The van der Waals surface area contributed by atoms with Crippen molar-refractivity contribution in [3.63, 3.8) is 0 Å². The first-order valence-corrected chi connectivity index (χ1v) is 4.79. The fourth-order valence-electron chi connectivity index (χ4n) is 1.24. The molecule has 0 heterocycles. The highest BCUT2D eigenvalue weighted by Gasteiger charge is 2.11. The second-order valence-electron chi connectivity index (χ2n) is 3.46. The van der Waals surface area contributed by atoms with Gasteiger partial charge in [-0.05, 0) is 25.1 Å². The number of benzene rings is 1. The molecule has 0 aliphatic carbocycles. The Balaban J connectivity index is 2.69. The number of halogens is 2. The van der Waals surface area contributed by atoms with Crippen molar-refractivity contribution in [2.75, 3.05) is 13.7 Å². The van der Waals surface area contributed by atoms with Crippen molar-refractivity contribution in [2.24, 2.45) is 0 Å². The van der Waals surface area contributed by atoms with Crippen LogP contribution in [0.3, 0.4) is 0 Å². The van der Waals surface area contributed by atoms with Gasteiger partial charge in [-0.2, -0.15) is 0 Å². The molecule has 88 valence electrons. The van der Waals surface area contributed by atoms with E-state index in [1.54, 1.807) is 6.92 Å². The lowest BCUT2D eigenvalue weighted by atomic mass is 10.2. The van der Waals surface area contributed by atoms with E-state index in [1.165, 1.54) is 13.2 Å². The minimum atomic E-state index is -1.04. The highest BCUT2D eigenvalue weighted by molar-refractivity contribution is 5.94. The molecule has 5 heteroatoms. The van der Waals surface area contributed by atoms with E-state index in [9.17, 15) is 13.6 Å². The summed E-state index contributed by atoms with van der Waals surface area (Å²) in [7, 11) is 1.51. The number of carbonyl (C=O) groups is 1. The number of carbonyl (C=O) groups excluding carboxylic acids is 1. The van der Waals surface area contributed by atoms with Gasteiger partial charge in [0.1, 0.15) is 0 Å². The van der Waals surface area contributed by atoms with E-state index in [1.807, 2.05) is 0 Å². The van der Waals surface area contributed by atoms with Crippen LogP contribution in [0.25, 0.3) is 0 Å². The highest BCUT2D eigenvalue weighted by Crippen LogP contribution is 2.08. The summed E-state index contributed by atoms with van der Waals surface area (Å²) in [6, 6.07) is 2.83. The van der Waals surface area contributed by atoms with Crippen LogP contribution in [-0.4, -0.2) is 25.7 Å². The smallest absolute Gasteiger partial charge is 0.251 e. The topological polar surface area (TPSA) is 38.3 Å². The molecule has 1 rings (SSSR count). The summed E-state index contributed by atoms with van der Waals surface area (Å²) in [5.74, 6) is -2.46. The van der Waals surface area contributed by atoms with Gasteiger partial charge in [-0.15, -0.1) is 0 Å². The minimum absolute atomic E-state index is 0.0850. The zero-order chi connectivity index (χ0) is 12.1. The van der Waals surface area contributed by atoms with Crippen molar-refractivity contribution in [1.82, 2.24) is 5.32 Å². The molecule has 1 amide bonds. The molecular formula is C11H13F2NO2. The molecule has 16 heavy (non-hydrogen) atoms. The molecule has 0 aliphatic rings. The first kappa shape index (κ1) is 12.6. The maximum atomic E-state index is 12.8. The third-order valence-corrected chi connectivity index (χ3v) is 1.98. The second kappa shape index (κ2) is 5.55. The molecule has 1 N–H and O–H groups in total. The average molecular weight is 229 g/mol. The maximum absolute atomic E-state index is 12.8. The molecule has 0 radical (unpaired) electrons. The minimum Gasteiger partial charge on any atom is -0.383 e. The van der Waals surface area contributed by atoms with E-state index in [0.717, 1.165) is 12.1 Å². The van der Waals surface area contributed by atoms with Crippen molar-refractivity contribution >= 4 is 5.91 Å². The monoisotopic (exact) mass is 229 g/mol. The molecule has 0 fully saturated rings. The van der Waals surface area contributed by atoms with E-state index >= 15 is 0 Å². The Morgan fingerprint density at radius 3 is 2.69 bits per heavy atom. The quantitative estimate of drug-likeness (QED) is 0.853. The van der Waals surface area contributed by atoms with Crippen molar-refractivity contribution in [3.05, 3.63) is 35.4 Å². The Morgan fingerprint density at radius 1 is 1.44 bits per heavy atom. The zero-order valence-electron chi connectivity index (χ0n) is 9.09. The van der Waals surface area contributed by atoms with Crippen molar-refractivity contribution in [3.8, 4) is 0 Å². The number of hydrogen-bond acceptors (Lipinski definition) is 2. The normalized spacial score (nSPS) is 12.2. The molecule has 0 aliphatic heterocycles. The molecule has 1 aromatic rings. The fraction of sp³-hybridized carbons (Fsp3) is 0.364. The van der Waals surface area contributed by atoms with Crippen LogP contribution in [-0.2, 0) is 4.74 Å².